The second kappa shape index (κ2) is 6.39. The minimum atomic E-state index is -3.64. The predicted octanol–water partition coefficient (Wildman–Crippen LogP) is 2.37. The minimum absolute atomic E-state index is 0.258. The zero-order valence-electron chi connectivity index (χ0n) is 12.1. The highest BCUT2D eigenvalue weighted by Gasteiger charge is 2.21. The van der Waals surface area contributed by atoms with Crippen molar-refractivity contribution in [3.05, 3.63) is 20.8 Å². The second-order valence-electron chi connectivity index (χ2n) is 5.04. The van der Waals surface area contributed by atoms with Crippen LogP contribution in [0.25, 0.3) is 0 Å². The summed E-state index contributed by atoms with van der Waals surface area (Å²) < 4.78 is 27.2. The van der Waals surface area contributed by atoms with Crippen LogP contribution in [-0.4, -0.2) is 18.6 Å². The SMILES string of the molecule is Cc1sc(CN)cc1S(=O)(=O)Nc1nnc(CC(C)C)s1. The molecule has 0 bridgehead atoms. The summed E-state index contributed by atoms with van der Waals surface area (Å²) in [6.45, 7) is 6.25. The van der Waals surface area contributed by atoms with E-state index < -0.39 is 10.0 Å². The summed E-state index contributed by atoms with van der Waals surface area (Å²) in [6.07, 6.45) is 0.786. The zero-order chi connectivity index (χ0) is 15.6. The van der Waals surface area contributed by atoms with Gasteiger partial charge in [0.15, 0.2) is 0 Å². The number of thiophene rings is 1. The molecule has 0 unspecified atom stereocenters. The van der Waals surface area contributed by atoms with Crippen molar-refractivity contribution in [1.82, 2.24) is 10.2 Å². The van der Waals surface area contributed by atoms with Crippen molar-refractivity contribution in [3.63, 3.8) is 0 Å². The average molecular weight is 347 g/mol. The summed E-state index contributed by atoms with van der Waals surface area (Å²) in [5.41, 5.74) is 5.55. The van der Waals surface area contributed by atoms with Crippen LogP contribution < -0.4 is 10.5 Å². The molecule has 6 nitrogen and oxygen atoms in total. The Morgan fingerprint density at radius 3 is 2.62 bits per heavy atom. The molecular formula is C12H18N4O2S3. The van der Waals surface area contributed by atoms with Crippen LogP contribution in [0.4, 0.5) is 5.13 Å². The van der Waals surface area contributed by atoms with Gasteiger partial charge in [0.05, 0.1) is 0 Å². The van der Waals surface area contributed by atoms with Crippen molar-refractivity contribution in [2.45, 2.75) is 38.6 Å². The fourth-order valence-electron chi connectivity index (χ4n) is 1.79. The van der Waals surface area contributed by atoms with Gasteiger partial charge in [0.1, 0.15) is 9.90 Å². The molecule has 0 radical (unpaired) electrons. The maximum absolute atomic E-state index is 12.4. The van der Waals surface area contributed by atoms with Gasteiger partial charge in [0.2, 0.25) is 5.13 Å². The summed E-state index contributed by atoms with van der Waals surface area (Å²) in [5.74, 6) is 0.452. The highest BCUT2D eigenvalue weighted by molar-refractivity contribution is 7.93. The molecule has 0 aliphatic carbocycles. The van der Waals surface area contributed by atoms with Crippen LogP contribution in [0.1, 0.15) is 28.6 Å². The van der Waals surface area contributed by atoms with Gasteiger partial charge in [-0.25, -0.2) is 8.42 Å². The van der Waals surface area contributed by atoms with E-state index in [-0.39, 0.29) is 4.90 Å². The third-order valence-electron chi connectivity index (χ3n) is 2.69. The van der Waals surface area contributed by atoms with E-state index in [0.29, 0.717) is 17.6 Å². The molecule has 0 atom stereocenters. The molecule has 0 saturated heterocycles. The number of nitrogens with two attached hydrogens (primary N) is 1. The van der Waals surface area contributed by atoms with E-state index in [4.69, 9.17) is 5.73 Å². The molecule has 0 aliphatic rings. The number of sulfonamides is 1. The molecule has 2 rings (SSSR count). The van der Waals surface area contributed by atoms with Crippen molar-refractivity contribution in [1.29, 1.82) is 0 Å². The topological polar surface area (TPSA) is 98.0 Å². The fraction of sp³-hybridized carbons (Fsp3) is 0.500. The molecule has 9 heteroatoms. The Balaban J connectivity index is 2.20. The number of anilines is 1. The van der Waals surface area contributed by atoms with Gasteiger partial charge >= 0.3 is 0 Å². The van der Waals surface area contributed by atoms with E-state index in [1.165, 1.54) is 22.7 Å². The summed E-state index contributed by atoms with van der Waals surface area (Å²) in [6, 6.07) is 1.61. The van der Waals surface area contributed by atoms with Crippen molar-refractivity contribution >= 4 is 37.8 Å². The lowest BCUT2D eigenvalue weighted by Gasteiger charge is -2.03. The molecule has 21 heavy (non-hydrogen) atoms. The lowest BCUT2D eigenvalue weighted by molar-refractivity contribution is 0.601. The van der Waals surface area contributed by atoms with Gasteiger partial charge in [-0.15, -0.1) is 21.5 Å². The smallest absolute Gasteiger partial charge is 0.264 e. The van der Waals surface area contributed by atoms with Crippen LogP contribution in [0.2, 0.25) is 0 Å². The first kappa shape index (κ1) is 16.3. The number of hydrogen-bond donors (Lipinski definition) is 2. The summed E-state index contributed by atoms with van der Waals surface area (Å²) in [4.78, 5) is 1.81. The summed E-state index contributed by atoms with van der Waals surface area (Å²) in [5, 5.41) is 9.02. The fourth-order valence-corrected chi connectivity index (χ4v) is 5.49. The number of nitrogens with zero attached hydrogens (tertiary/aromatic N) is 2. The largest absolute Gasteiger partial charge is 0.326 e. The van der Waals surface area contributed by atoms with Crippen LogP contribution in [0.15, 0.2) is 11.0 Å². The van der Waals surface area contributed by atoms with E-state index >= 15 is 0 Å². The molecule has 2 aromatic heterocycles. The van der Waals surface area contributed by atoms with E-state index in [1.54, 1.807) is 13.0 Å². The van der Waals surface area contributed by atoms with Crippen LogP contribution in [0, 0.1) is 12.8 Å². The van der Waals surface area contributed by atoms with Crippen molar-refractivity contribution in [2.24, 2.45) is 11.7 Å². The van der Waals surface area contributed by atoms with E-state index in [9.17, 15) is 8.42 Å². The molecule has 0 aliphatic heterocycles. The standard InChI is InChI=1S/C12H18N4O2S3/c1-7(2)4-11-14-15-12(20-11)16-21(17,18)10-5-9(6-13)19-8(10)3/h5,7H,4,6,13H2,1-3H3,(H,15,16). The van der Waals surface area contributed by atoms with E-state index in [1.807, 2.05) is 0 Å². The third-order valence-corrected chi connectivity index (χ3v) is 6.34. The van der Waals surface area contributed by atoms with E-state index in [0.717, 1.165) is 21.2 Å². The van der Waals surface area contributed by atoms with Crippen LogP contribution >= 0.6 is 22.7 Å². The van der Waals surface area contributed by atoms with Crippen LogP contribution in [0.3, 0.4) is 0 Å². The Morgan fingerprint density at radius 2 is 2.05 bits per heavy atom. The van der Waals surface area contributed by atoms with Gasteiger partial charge in [-0.1, -0.05) is 25.2 Å². The van der Waals surface area contributed by atoms with Crippen molar-refractivity contribution in [3.8, 4) is 0 Å². The first-order chi connectivity index (χ1) is 9.81. The van der Waals surface area contributed by atoms with Gasteiger partial charge in [-0.05, 0) is 18.9 Å². The Morgan fingerprint density at radius 1 is 1.33 bits per heavy atom. The van der Waals surface area contributed by atoms with Crippen LogP contribution in [0.5, 0.6) is 0 Å². The molecular weight excluding hydrogens is 328 g/mol. The summed E-state index contributed by atoms with van der Waals surface area (Å²) in [7, 11) is -3.64. The second-order valence-corrected chi connectivity index (χ2v) is 9.10. The molecule has 0 amide bonds. The maximum atomic E-state index is 12.4. The van der Waals surface area contributed by atoms with Crippen LogP contribution in [-0.2, 0) is 23.0 Å². The molecule has 0 saturated carbocycles. The lowest BCUT2D eigenvalue weighted by Crippen LogP contribution is -2.13. The molecule has 0 aromatic carbocycles. The Labute approximate surface area is 132 Å². The van der Waals surface area contributed by atoms with Gasteiger partial charge < -0.3 is 5.73 Å². The van der Waals surface area contributed by atoms with Gasteiger partial charge in [-0.2, -0.15) is 0 Å². The highest BCUT2D eigenvalue weighted by Crippen LogP contribution is 2.28. The number of aromatic nitrogens is 2. The molecule has 0 fully saturated rings. The highest BCUT2D eigenvalue weighted by atomic mass is 32.2. The Bertz CT molecular complexity index is 719. The average Bonchev–Trinajstić information content (AvgIpc) is 2.95. The monoisotopic (exact) mass is 346 g/mol. The predicted molar refractivity (Wildman–Crippen MR) is 86.2 cm³/mol. The number of hydrogen-bond acceptors (Lipinski definition) is 7. The van der Waals surface area contributed by atoms with Gasteiger partial charge in [0, 0.05) is 22.7 Å². The zero-order valence-corrected chi connectivity index (χ0v) is 14.5. The number of rotatable bonds is 6. The Hall–Kier alpha value is -1.03. The first-order valence-corrected chi connectivity index (χ1v) is 9.58. The van der Waals surface area contributed by atoms with Gasteiger partial charge in [0.25, 0.3) is 10.0 Å². The molecule has 2 aromatic rings. The molecule has 2 heterocycles. The summed E-state index contributed by atoms with van der Waals surface area (Å²) >= 11 is 2.66. The quantitative estimate of drug-likeness (QED) is 0.837. The first-order valence-electron chi connectivity index (χ1n) is 6.46. The molecule has 3 N–H and O–H groups in total. The number of nitrogens with one attached hydrogen (secondary N) is 1. The lowest BCUT2D eigenvalue weighted by atomic mass is 10.1. The minimum Gasteiger partial charge on any atom is -0.326 e. The van der Waals surface area contributed by atoms with Gasteiger partial charge in [-0.3, -0.25) is 4.72 Å². The van der Waals surface area contributed by atoms with E-state index in [2.05, 4.69) is 28.8 Å². The molecule has 0 spiro atoms. The molecule has 116 valence electrons. The van der Waals surface area contributed by atoms with Crippen molar-refractivity contribution < 1.29 is 8.42 Å². The van der Waals surface area contributed by atoms with Crippen molar-refractivity contribution in [2.75, 3.05) is 4.72 Å². The Kier molecular flexibility index (Phi) is 4.97. The maximum Gasteiger partial charge on any atom is 0.264 e. The normalized spacial score (nSPS) is 12.0. The number of aryl methyl sites for hydroxylation is 1. The third kappa shape index (κ3) is 4.00.